The van der Waals surface area contributed by atoms with E-state index in [0.717, 1.165) is 5.56 Å². The maximum absolute atomic E-state index is 12.2. The van der Waals surface area contributed by atoms with Crippen LogP contribution in [0.1, 0.15) is 31.1 Å². The summed E-state index contributed by atoms with van der Waals surface area (Å²) in [6.07, 6.45) is 4.42. The normalized spacial score (nSPS) is 11.1. The van der Waals surface area contributed by atoms with Gasteiger partial charge in [0, 0.05) is 11.8 Å². The van der Waals surface area contributed by atoms with Crippen LogP contribution in [0.4, 0.5) is 0 Å². The zero-order valence-corrected chi connectivity index (χ0v) is 11.3. The van der Waals surface area contributed by atoms with Gasteiger partial charge in [0.25, 0.3) is 0 Å². The van der Waals surface area contributed by atoms with E-state index in [4.69, 9.17) is 4.74 Å². The molecule has 0 fully saturated rings. The van der Waals surface area contributed by atoms with Gasteiger partial charge in [-0.3, -0.25) is 4.98 Å². The fourth-order valence-electron chi connectivity index (χ4n) is 1.69. The summed E-state index contributed by atoms with van der Waals surface area (Å²) in [5.41, 5.74) is 1.53. The summed E-state index contributed by atoms with van der Waals surface area (Å²) < 4.78 is 5.40. The summed E-state index contributed by atoms with van der Waals surface area (Å²) in [5.74, 6) is -0.356. The van der Waals surface area contributed by atoms with E-state index in [2.05, 4.69) is 11.2 Å². The highest BCUT2D eigenvalue weighted by atomic mass is 16.6. The molecule has 1 aromatic heterocycles. The monoisotopic (exact) mass is 254 g/mol. The molecule has 1 heterocycles. The van der Waals surface area contributed by atoms with E-state index in [1.807, 2.05) is 51.1 Å². The molecule has 3 nitrogen and oxygen atoms in total. The standard InChI is InChI=1S/C16H16NO2/c1-16(2,3)19-15(18)13-9-10-17-11-14(13)12-7-5-4-6-8-12/h4-10H,1-3H3. The Bertz CT molecular complexity index is 571. The van der Waals surface area contributed by atoms with Crippen molar-refractivity contribution in [1.82, 2.24) is 4.98 Å². The van der Waals surface area contributed by atoms with E-state index in [0.29, 0.717) is 11.1 Å². The van der Waals surface area contributed by atoms with E-state index < -0.39 is 5.60 Å². The van der Waals surface area contributed by atoms with Crippen molar-refractivity contribution in [2.45, 2.75) is 26.4 Å². The predicted molar refractivity (Wildman–Crippen MR) is 73.7 cm³/mol. The third-order valence-electron chi connectivity index (χ3n) is 2.44. The lowest BCUT2D eigenvalue weighted by atomic mass is 10.0. The van der Waals surface area contributed by atoms with Crippen molar-refractivity contribution in [2.24, 2.45) is 0 Å². The van der Waals surface area contributed by atoms with Crippen LogP contribution in [0, 0.1) is 6.20 Å². The van der Waals surface area contributed by atoms with Crippen molar-refractivity contribution < 1.29 is 9.53 Å². The van der Waals surface area contributed by atoms with Crippen LogP contribution in [0.5, 0.6) is 0 Å². The smallest absolute Gasteiger partial charge is 0.339 e. The van der Waals surface area contributed by atoms with Gasteiger partial charge < -0.3 is 4.74 Å². The van der Waals surface area contributed by atoms with Crippen molar-refractivity contribution in [1.29, 1.82) is 0 Å². The molecule has 0 N–H and O–H groups in total. The Morgan fingerprint density at radius 3 is 2.47 bits per heavy atom. The molecule has 0 saturated carbocycles. The van der Waals surface area contributed by atoms with Crippen LogP contribution in [0.25, 0.3) is 11.1 Å². The van der Waals surface area contributed by atoms with E-state index in [1.54, 1.807) is 12.3 Å². The molecule has 0 aliphatic carbocycles. The van der Waals surface area contributed by atoms with Gasteiger partial charge in [0.05, 0.1) is 11.8 Å². The minimum absolute atomic E-state index is 0.356. The number of carbonyl (C=O) groups excluding carboxylic acids is 1. The van der Waals surface area contributed by atoms with Crippen molar-refractivity contribution >= 4 is 5.97 Å². The van der Waals surface area contributed by atoms with Gasteiger partial charge in [-0.15, -0.1) is 0 Å². The Morgan fingerprint density at radius 2 is 1.84 bits per heavy atom. The van der Waals surface area contributed by atoms with Crippen molar-refractivity contribution in [3.8, 4) is 11.1 Å². The number of rotatable bonds is 2. The number of hydrogen-bond donors (Lipinski definition) is 0. The van der Waals surface area contributed by atoms with Crippen LogP contribution in [-0.2, 0) is 4.74 Å². The first kappa shape index (κ1) is 13.3. The molecular weight excluding hydrogens is 238 g/mol. The lowest BCUT2D eigenvalue weighted by Crippen LogP contribution is -2.24. The van der Waals surface area contributed by atoms with Gasteiger partial charge in [-0.25, -0.2) is 4.79 Å². The van der Waals surface area contributed by atoms with Gasteiger partial charge in [-0.1, -0.05) is 30.3 Å². The maximum Gasteiger partial charge on any atom is 0.339 e. The van der Waals surface area contributed by atoms with Crippen molar-refractivity contribution in [3.63, 3.8) is 0 Å². The van der Waals surface area contributed by atoms with Gasteiger partial charge >= 0.3 is 5.97 Å². The fourth-order valence-corrected chi connectivity index (χ4v) is 1.69. The largest absolute Gasteiger partial charge is 0.456 e. The number of hydrogen-bond acceptors (Lipinski definition) is 3. The zero-order valence-electron chi connectivity index (χ0n) is 11.3. The van der Waals surface area contributed by atoms with Gasteiger partial charge in [0.1, 0.15) is 5.60 Å². The molecule has 0 bridgehead atoms. The van der Waals surface area contributed by atoms with Gasteiger partial charge in [-0.05, 0) is 32.4 Å². The number of aromatic nitrogens is 1. The first-order chi connectivity index (χ1) is 8.97. The Hall–Kier alpha value is -2.16. The molecule has 0 amide bonds. The SMILES string of the molecule is CC(C)(C)OC(=O)c1ccn[c]c1-c1ccccc1. The van der Waals surface area contributed by atoms with E-state index in [1.165, 1.54) is 0 Å². The van der Waals surface area contributed by atoms with Crippen LogP contribution in [0.15, 0.2) is 42.6 Å². The molecule has 2 rings (SSSR count). The fraction of sp³-hybridized carbons (Fsp3) is 0.250. The third kappa shape index (κ3) is 3.41. The zero-order chi connectivity index (χ0) is 13.9. The molecular formula is C16H16NO2. The van der Waals surface area contributed by atoms with Crippen molar-refractivity contribution in [3.05, 3.63) is 54.4 Å². The predicted octanol–water partition coefficient (Wildman–Crippen LogP) is 3.50. The van der Waals surface area contributed by atoms with E-state index in [-0.39, 0.29) is 5.97 Å². The summed E-state index contributed by atoms with van der Waals surface area (Å²) >= 11 is 0. The van der Waals surface area contributed by atoms with Crippen LogP contribution in [0.3, 0.4) is 0 Å². The second-order valence-corrected chi connectivity index (χ2v) is 5.21. The van der Waals surface area contributed by atoms with Gasteiger partial charge in [0.15, 0.2) is 0 Å². The maximum atomic E-state index is 12.2. The molecule has 1 aromatic carbocycles. The number of carbonyl (C=O) groups is 1. The highest BCUT2D eigenvalue weighted by Crippen LogP contribution is 2.24. The molecule has 0 saturated heterocycles. The summed E-state index contributed by atoms with van der Waals surface area (Å²) in [5, 5.41) is 0. The van der Waals surface area contributed by atoms with Crippen LogP contribution in [-0.4, -0.2) is 16.6 Å². The Balaban J connectivity index is 2.40. The topological polar surface area (TPSA) is 39.2 Å². The molecule has 0 aliphatic rings. The molecule has 97 valence electrons. The highest BCUT2D eigenvalue weighted by Gasteiger charge is 2.20. The molecule has 1 radical (unpaired) electrons. The molecule has 0 atom stereocenters. The quantitative estimate of drug-likeness (QED) is 0.770. The minimum atomic E-state index is -0.520. The number of esters is 1. The number of nitrogens with zero attached hydrogens (tertiary/aromatic N) is 1. The number of ether oxygens (including phenoxy) is 1. The summed E-state index contributed by atoms with van der Waals surface area (Å²) in [4.78, 5) is 16.2. The molecule has 19 heavy (non-hydrogen) atoms. The number of pyridine rings is 1. The van der Waals surface area contributed by atoms with Crippen LogP contribution < -0.4 is 0 Å². The first-order valence-corrected chi connectivity index (χ1v) is 6.13. The van der Waals surface area contributed by atoms with E-state index >= 15 is 0 Å². The van der Waals surface area contributed by atoms with E-state index in [9.17, 15) is 4.79 Å². The lowest BCUT2D eigenvalue weighted by Gasteiger charge is -2.20. The van der Waals surface area contributed by atoms with Crippen LogP contribution >= 0.6 is 0 Å². The summed E-state index contributed by atoms with van der Waals surface area (Å²) in [6, 6.07) is 11.2. The van der Waals surface area contributed by atoms with Crippen LogP contribution in [0.2, 0.25) is 0 Å². The average Bonchev–Trinajstić information content (AvgIpc) is 2.38. The van der Waals surface area contributed by atoms with Crippen molar-refractivity contribution in [2.75, 3.05) is 0 Å². The second kappa shape index (κ2) is 5.22. The Kier molecular flexibility index (Phi) is 3.65. The van der Waals surface area contributed by atoms with Gasteiger partial charge in [0.2, 0.25) is 0 Å². The second-order valence-electron chi connectivity index (χ2n) is 5.21. The molecule has 3 heteroatoms. The average molecular weight is 254 g/mol. The Morgan fingerprint density at radius 1 is 1.16 bits per heavy atom. The Labute approximate surface area is 113 Å². The highest BCUT2D eigenvalue weighted by molar-refractivity contribution is 5.97. The lowest BCUT2D eigenvalue weighted by molar-refractivity contribution is 0.00703. The minimum Gasteiger partial charge on any atom is -0.456 e. The summed E-state index contributed by atoms with van der Waals surface area (Å²) in [6.45, 7) is 5.54. The molecule has 2 aromatic rings. The van der Waals surface area contributed by atoms with Gasteiger partial charge in [-0.2, -0.15) is 0 Å². The summed E-state index contributed by atoms with van der Waals surface area (Å²) in [7, 11) is 0. The molecule has 0 unspecified atom stereocenters. The number of benzene rings is 1. The first-order valence-electron chi connectivity index (χ1n) is 6.13. The third-order valence-corrected chi connectivity index (χ3v) is 2.44. The molecule has 0 spiro atoms. The molecule has 0 aliphatic heterocycles.